The van der Waals surface area contributed by atoms with Gasteiger partial charge in [0.25, 0.3) is 0 Å². The summed E-state index contributed by atoms with van der Waals surface area (Å²) in [6, 6.07) is 73.4. The second-order valence-electron chi connectivity index (χ2n) is 25.7. The Hall–Kier alpha value is -6.94. The van der Waals surface area contributed by atoms with E-state index in [-0.39, 0.29) is 11.8 Å². The summed E-state index contributed by atoms with van der Waals surface area (Å²) in [5.74, 6) is 0.237. The highest BCUT2D eigenvalue weighted by molar-refractivity contribution is 7.72. The summed E-state index contributed by atoms with van der Waals surface area (Å²) >= 11 is 0. The number of hydrogen-bond donors (Lipinski definition) is 0. The second-order valence-corrected chi connectivity index (χ2v) is 30.1. The average molecular weight is 1140 g/mol. The van der Waals surface area contributed by atoms with E-state index < -0.39 is 15.8 Å². The third-order valence-electron chi connectivity index (χ3n) is 16.9. The zero-order chi connectivity index (χ0) is 59.7. The SMILES string of the molecule is Cc1cc(C)cc(C(Cc2cccc(CP(c3cc(C)cc(C)c3)c3cc(C)cc(C)c3)c2-c2c(CC(c3cc(C)cc(C)c3)c3cc(C)cc(C)c3)cccc2CP(c2cc(C)cc(C)c2)c2cc(C)cc(C)c2)c2cc(C)cc(C)c2)c1. The van der Waals surface area contributed by atoms with Gasteiger partial charge in [-0.3, -0.25) is 0 Å². The largest absolute Gasteiger partial charge is 0.0617 e. The molecule has 0 nitrogen and oxygen atoms in total. The first-order chi connectivity index (χ1) is 40.1. The number of benzene rings is 10. The van der Waals surface area contributed by atoms with Crippen LogP contribution in [0.15, 0.2) is 182 Å². The van der Waals surface area contributed by atoms with Crippen LogP contribution >= 0.6 is 15.8 Å². The smallest absolute Gasteiger partial charge is 0.0130 e. The fourth-order valence-corrected chi connectivity index (χ4v) is 19.5. The molecule has 84 heavy (non-hydrogen) atoms. The summed E-state index contributed by atoms with van der Waals surface area (Å²) in [6.07, 6.45) is 3.54. The number of aryl methyl sites for hydroxylation is 16. The molecule has 426 valence electrons. The van der Waals surface area contributed by atoms with Crippen molar-refractivity contribution in [1.82, 2.24) is 0 Å². The van der Waals surface area contributed by atoms with Crippen LogP contribution in [0.3, 0.4) is 0 Å². The molecule has 0 saturated carbocycles. The number of hydrogen-bond acceptors (Lipinski definition) is 0. The first kappa shape index (κ1) is 60.2. The molecule has 0 aromatic heterocycles. The van der Waals surface area contributed by atoms with Crippen LogP contribution in [0.4, 0.5) is 0 Å². The molecule has 0 radical (unpaired) electrons. The summed E-state index contributed by atoms with van der Waals surface area (Å²) in [7, 11) is -1.72. The normalized spacial score (nSPS) is 11.7. The van der Waals surface area contributed by atoms with Gasteiger partial charge in [0, 0.05) is 24.2 Å². The molecule has 0 fully saturated rings. The maximum Gasteiger partial charge on any atom is 0.0130 e. The minimum atomic E-state index is -0.859. The van der Waals surface area contributed by atoms with Crippen LogP contribution in [-0.4, -0.2) is 0 Å². The molecule has 0 spiro atoms. The van der Waals surface area contributed by atoms with Gasteiger partial charge in [-0.25, -0.2) is 0 Å². The van der Waals surface area contributed by atoms with Gasteiger partial charge in [-0.05, 0) is 216 Å². The van der Waals surface area contributed by atoms with Gasteiger partial charge in [0.15, 0.2) is 0 Å². The second kappa shape index (κ2) is 25.7. The maximum atomic E-state index is 2.53. The molecule has 2 heteroatoms. The Morgan fingerprint density at radius 2 is 0.405 bits per heavy atom. The lowest BCUT2D eigenvalue weighted by atomic mass is 9.78. The Morgan fingerprint density at radius 3 is 0.607 bits per heavy atom. The summed E-state index contributed by atoms with van der Waals surface area (Å²) in [5.41, 5.74) is 35.1. The van der Waals surface area contributed by atoms with Crippen LogP contribution in [0.25, 0.3) is 11.1 Å². The van der Waals surface area contributed by atoms with E-state index in [2.05, 4.69) is 293 Å². The molecule has 0 aliphatic carbocycles. The van der Waals surface area contributed by atoms with Gasteiger partial charge in [0.1, 0.15) is 0 Å². The molecule has 0 unspecified atom stereocenters. The van der Waals surface area contributed by atoms with E-state index in [4.69, 9.17) is 0 Å². The lowest BCUT2D eigenvalue weighted by Gasteiger charge is -2.30. The molecular weight excluding hydrogens is 1050 g/mol. The van der Waals surface area contributed by atoms with Gasteiger partial charge in [-0.15, -0.1) is 0 Å². The monoisotopic (exact) mass is 1130 g/mol. The van der Waals surface area contributed by atoms with Gasteiger partial charge in [-0.2, -0.15) is 0 Å². The van der Waals surface area contributed by atoms with E-state index in [1.165, 1.54) is 166 Å². The van der Waals surface area contributed by atoms with E-state index in [1.807, 2.05) is 0 Å². The highest BCUT2D eigenvalue weighted by Crippen LogP contribution is 2.49. The fraction of sp³-hybridized carbons (Fsp3) is 0.268. The first-order valence-electron chi connectivity index (χ1n) is 30.5. The van der Waals surface area contributed by atoms with Crippen LogP contribution in [0, 0.1) is 111 Å². The van der Waals surface area contributed by atoms with E-state index in [1.54, 1.807) is 0 Å². The molecule has 0 bridgehead atoms. The molecular formula is C82H88P2. The summed E-state index contributed by atoms with van der Waals surface area (Å²) < 4.78 is 0. The Kier molecular flexibility index (Phi) is 18.4. The summed E-state index contributed by atoms with van der Waals surface area (Å²) in [6.45, 7) is 36.5. The highest BCUT2D eigenvalue weighted by atomic mass is 31.1. The van der Waals surface area contributed by atoms with Crippen LogP contribution in [0.1, 0.15) is 145 Å². The van der Waals surface area contributed by atoms with Gasteiger partial charge >= 0.3 is 0 Å². The van der Waals surface area contributed by atoms with E-state index in [0.29, 0.717) is 0 Å². The number of rotatable bonds is 17. The van der Waals surface area contributed by atoms with Crippen LogP contribution < -0.4 is 21.2 Å². The van der Waals surface area contributed by atoms with Crippen LogP contribution in [0.2, 0.25) is 0 Å². The lowest BCUT2D eigenvalue weighted by Crippen LogP contribution is -2.17. The van der Waals surface area contributed by atoms with Crippen LogP contribution in [-0.2, 0) is 25.2 Å². The molecule has 0 heterocycles. The average Bonchev–Trinajstić information content (AvgIpc) is 3.53. The quantitative estimate of drug-likeness (QED) is 0.0797. The molecule has 0 atom stereocenters. The molecule has 10 rings (SSSR count). The predicted molar refractivity (Wildman–Crippen MR) is 370 cm³/mol. The zero-order valence-electron chi connectivity index (χ0n) is 53.2. The van der Waals surface area contributed by atoms with Crippen molar-refractivity contribution >= 4 is 37.1 Å². The Labute approximate surface area is 508 Å². The molecule has 0 aliphatic heterocycles. The Balaban J connectivity index is 1.32. The third-order valence-corrected chi connectivity index (χ3v) is 21.7. The Morgan fingerprint density at radius 1 is 0.226 bits per heavy atom. The van der Waals surface area contributed by atoms with E-state index in [0.717, 1.165) is 25.2 Å². The standard InChI is InChI=1S/C82H88P2/c1-51-23-52(2)32-71(31-51)79(72-33-53(3)24-54(4)34-72)47-67-19-17-21-69(49-83(75-39-59(9)27-60(10)40-75)76-41-61(11)28-62(12)42-76)81(67)82-68(48-80(73-35-55(5)25-56(6)36-73)74-37-57(7)26-58(8)38-74)20-18-22-70(82)50-84(77-43-63(13)29-64(14)44-77)78-45-65(15)30-66(16)46-78/h17-46,79-80H,47-50H2,1-16H3. The van der Waals surface area contributed by atoms with Gasteiger partial charge < -0.3 is 0 Å². The molecule has 0 amide bonds. The molecule has 10 aromatic rings. The molecule has 0 saturated heterocycles. The maximum absolute atomic E-state index is 2.53. The minimum absolute atomic E-state index is 0.119. The minimum Gasteiger partial charge on any atom is -0.0617 e. The summed E-state index contributed by atoms with van der Waals surface area (Å²) in [4.78, 5) is 0. The fourth-order valence-electron chi connectivity index (χ4n) is 14.1. The van der Waals surface area contributed by atoms with Crippen molar-refractivity contribution in [2.24, 2.45) is 0 Å². The predicted octanol–water partition coefficient (Wildman–Crippen LogP) is 20.3. The topological polar surface area (TPSA) is 0 Å². The van der Waals surface area contributed by atoms with Gasteiger partial charge in [0.05, 0.1) is 0 Å². The third kappa shape index (κ3) is 14.4. The highest BCUT2D eigenvalue weighted by Gasteiger charge is 2.29. The van der Waals surface area contributed by atoms with Crippen molar-refractivity contribution in [3.63, 3.8) is 0 Å². The van der Waals surface area contributed by atoms with Crippen molar-refractivity contribution in [3.05, 3.63) is 316 Å². The van der Waals surface area contributed by atoms with E-state index >= 15 is 0 Å². The van der Waals surface area contributed by atoms with Crippen LogP contribution in [0.5, 0.6) is 0 Å². The molecule has 0 aliphatic rings. The molecule has 0 N–H and O–H groups in total. The van der Waals surface area contributed by atoms with E-state index in [9.17, 15) is 0 Å². The van der Waals surface area contributed by atoms with Gasteiger partial charge in [-0.1, -0.05) is 271 Å². The zero-order valence-corrected chi connectivity index (χ0v) is 55.0. The molecule has 10 aromatic carbocycles. The summed E-state index contributed by atoms with van der Waals surface area (Å²) in [5, 5.41) is 5.77. The first-order valence-corrected chi connectivity index (χ1v) is 33.6. The van der Waals surface area contributed by atoms with Crippen molar-refractivity contribution in [3.8, 4) is 11.1 Å². The van der Waals surface area contributed by atoms with Crippen molar-refractivity contribution in [1.29, 1.82) is 0 Å². The van der Waals surface area contributed by atoms with Crippen molar-refractivity contribution in [2.45, 2.75) is 148 Å². The van der Waals surface area contributed by atoms with Crippen molar-refractivity contribution in [2.75, 3.05) is 0 Å². The van der Waals surface area contributed by atoms with Crippen molar-refractivity contribution < 1.29 is 0 Å². The van der Waals surface area contributed by atoms with Gasteiger partial charge in [0.2, 0.25) is 0 Å². The lowest BCUT2D eigenvalue weighted by molar-refractivity contribution is 0.794. The Bertz CT molecular complexity index is 3190.